The lowest BCUT2D eigenvalue weighted by Gasteiger charge is -2.11. The summed E-state index contributed by atoms with van der Waals surface area (Å²) >= 11 is 0. The van der Waals surface area contributed by atoms with E-state index in [1.54, 1.807) is 18.3 Å². The number of rotatable bonds is 4. The van der Waals surface area contributed by atoms with E-state index in [1.807, 2.05) is 4.57 Å². The molecule has 23 heavy (non-hydrogen) atoms. The zero-order chi connectivity index (χ0) is 16.2. The Kier molecular flexibility index (Phi) is 4.13. The number of aryl methyl sites for hydroxylation is 2. The fourth-order valence-corrected chi connectivity index (χ4v) is 2.43. The van der Waals surface area contributed by atoms with Gasteiger partial charge >= 0.3 is 0 Å². The van der Waals surface area contributed by atoms with Crippen LogP contribution >= 0.6 is 0 Å². The van der Waals surface area contributed by atoms with Gasteiger partial charge in [-0.1, -0.05) is 0 Å². The van der Waals surface area contributed by atoms with Crippen LogP contribution in [0.3, 0.4) is 0 Å². The lowest BCUT2D eigenvalue weighted by molar-refractivity contribution is -0.384. The fraction of sp³-hybridized carbons (Fsp3) is 0.267. The molecular weight excluding hydrogens is 298 g/mol. The van der Waals surface area contributed by atoms with Crippen LogP contribution in [0.15, 0.2) is 35.6 Å². The van der Waals surface area contributed by atoms with Gasteiger partial charge in [0.1, 0.15) is 11.5 Å². The molecule has 118 valence electrons. The first-order valence-electron chi connectivity index (χ1n) is 7.27. The molecule has 2 aromatic rings. The van der Waals surface area contributed by atoms with Crippen LogP contribution in [0.5, 0.6) is 0 Å². The van der Waals surface area contributed by atoms with Crippen LogP contribution in [-0.2, 0) is 13.0 Å². The van der Waals surface area contributed by atoms with Crippen LogP contribution in [0.2, 0.25) is 0 Å². The topological polar surface area (TPSA) is 102 Å². The van der Waals surface area contributed by atoms with E-state index in [1.165, 1.54) is 18.3 Å². The second kappa shape index (κ2) is 6.39. The van der Waals surface area contributed by atoms with Gasteiger partial charge in [0.25, 0.3) is 11.6 Å². The summed E-state index contributed by atoms with van der Waals surface area (Å²) in [6.07, 6.45) is 6.25. The van der Waals surface area contributed by atoms with Gasteiger partial charge in [0.15, 0.2) is 0 Å². The minimum absolute atomic E-state index is 0.00905. The molecule has 0 radical (unpaired) electrons. The second-order valence-electron chi connectivity index (χ2n) is 5.24. The SMILES string of the molecule is O=C(N/N=C\c1ccc([N+](=O)[O-])cc1)c1cn2c(n1)CCCC2. The average molecular weight is 313 g/mol. The monoisotopic (exact) mass is 313 g/mol. The highest BCUT2D eigenvalue weighted by Crippen LogP contribution is 2.14. The van der Waals surface area contributed by atoms with E-state index < -0.39 is 4.92 Å². The van der Waals surface area contributed by atoms with Gasteiger partial charge in [-0.05, 0) is 30.5 Å². The highest BCUT2D eigenvalue weighted by atomic mass is 16.6. The molecule has 1 aromatic heterocycles. The molecule has 8 heteroatoms. The second-order valence-corrected chi connectivity index (χ2v) is 5.24. The maximum absolute atomic E-state index is 12.0. The van der Waals surface area contributed by atoms with Crippen LogP contribution < -0.4 is 5.43 Å². The van der Waals surface area contributed by atoms with Crippen LogP contribution in [0, 0.1) is 10.1 Å². The maximum Gasteiger partial charge on any atom is 0.291 e. The minimum atomic E-state index is -0.469. The van der Waals surface area contributed by atoms with E-state index in [4.69, 9.17) is 0 Å². The standard InChI is InChI=1S/C15H15N5O3/c21-15(13-10-19-8-2-1-3-14(19)17-13)18-16-9-11-4-6-12(7-5-11)20(22)23/h4-7,9-10H,1-3,8H2,(H,18,21)/b16-9-. The van der Waals surface area contributed by atoms with E-state index in [9.17, 15) is 14.9 Å². The molecule has 0 saturated carbocycles. The minimum Gasteiger partial charge on any atom is -0.334 e. The molecule has 0 saturated heterocycles. The highest BCUT2D eigenvalue weighted by molar-refractivity contribution is 5.93. The van der Waals surface area contributed by atoms with Crippen LogP contribution in [0.1, 0.15) is 34.7 Å². The molecular formula is C15H15N5O3. The number of non-ortho nitro benzene ring substituents is 1. The Labute approximate surface area is 132 Å². The first-order valence-corrected chi connectivity index (χ1v) is 7.27. The van der Waals surface area contributed by atoms with Crippen molar-refractivity contribution in [1.29, 1.82) is 0 Å². The van der Waals surface area contributed by atoms with Gasteiger partial charge < -0.3 is 4.57 Å². The van der Waals surface area contributed by atoms with Crippen molar-refractivity contribution in [3.05, 3.63) is 57.7 Å². The van der Waals surface area contributed by atoms with Gasteiger partial charge in [-0.15, -0.1) is 0 Å². The van der Waals surface area contributed by atoms with Crippen molar-refractivity contribution in [3.63, 3.8) is 0 Å². The first kappa shape index (κ1) is 14.9. The van der Waals surface area contributed by atoms with Gasteiger partial charge in [-0.3, -0.25) is 14.9 Å². The normalized spacial score (nSPS) is 13.7. The van der Waals surface area contributed by atoms with Crippen molar-refractivity contribution in [3.8, 4) is 0 Å². The summed E-state index contributed by atoms with van der Waals surface area (Å²) in [6, 6.07) is 5.88. The molecule has 0 fully saturated rings. The molecule has 1 aromatic carbocycles. The molecule has 1 aliphatic heterocycles. The number of nitro groups is 1. The Balaban J connectivity index is 1.62. The average Bonchev–Trinajstić information content (AvgIpc) is 2.99. The smallest absolute Gasteiger partial charge is 0.291 e. The van der Waals surface area contributed by atoms with Crippen molar-refractivity contribution in [2.24, 2.45) is 5.10 Å². The van der Waals surface area contributed by atoms with E-state index in [-0.39, 0.29) is 11.6 Å². The number of aromatic nitrogens is 2. The van der Waals surface area contributed by atoms with Crippen LogP contribution in [0.4, 0.5) is 5.69 Å². The van der Waals surface area contributed by atoms with Gasteiger partial charge in [0, 0.05) is 31.3 Å². The van der Waals surface area contributed by atoms with Crippen molar-refractivity contribution < 1.29 is 9.72 Å². The summed E-state index contributed by atoms with van der Waals surface area (Å²) in [4.78, 5) is 26.4. The summed E-state index contributed by atoms with van der Waals surface area (Å²) in [7, 11) is 0. The molecule has 1 aliphatic rings. The number of hydrazone groups is 1. The molecule has 0 atom stereocenters. The highest BCUT2D eigenvalue weighted by Gasteiger charge is 2.16. The summed E-state index contributed by atoms with van der Waals surface area (Å²) < 4.78 is 2.00. The van der Waals surface area contributed by atoms with Crippen molar-refractivity contribution >= 4 is 17.8 Å². The number of amides is 1. The number of hydrogen-bond acceptors (Lipinski definition) is 5. The molecule has 2 heterocycles. The number of carbonyl (C=O) groups excluding carboxylic acids is 1. The van der Waals surface area contributed by atoms with Gasteiger partial charge in [0.05, 0.1) is 11.1 Å². The third-order valence-electron chi connectivity index (χ3n) is 3.62. The Morgan fingerprint density at radius 1 is 1.35 bits per heavy atom. The molecule has 1 amide bonds. The number of imidazole rings is 1. The summed E-state index contributed by atoms with van der Waals surface area (Å²) in [5, 5.41) is 14.4. The molecule has 1 N–H and O–H groups in total. The van der Waals surface area contributed by atoms with E-state index in [2.05, 4.69) is 15.5 Å². The zero-order valence-corrected chi connectivity index (χ0v) is 12.3. The maximum atomic E-state index is 12.0. The predicted octanol–water partition coefficient (Wildman–Crippen LogP) is 1.89. The van der Waals surface area contributed by atoms with Crippen molar-refractivity contribution in [1.82, 2.24) is 15.0 Å². The van der Waals surface area contributed by atoms with E-state index in [0.717, 1.165) is 31.6 Å². The predicted molar refractivity (Wildman–Crippen MR) is 83.3 cm³/mol. The lowest BCUT2D eigenvalue weighted by Crippen LogP contribution is -2.18. The van der Waals surface area contributed by atoms with Crippen LogP contribution in [0.25, 0.3) is 0 Å². The lowest BCUT2D eigenvalue weighted by atomic mass is 10.2. The Morgan fingerprint density at radius 2 is 2.13 bits per heavy atom. The number of hydrogen-bond donors (Lipinski definition) is 1. The third-order valence-corrected chi connectivity index (χ3v) is 3.62. The molecule has 0 aliphatic carbocycles. The molecule has 0 bridgehead atoms. The van der Waals surface area contributed by atoms with Crippen molar-refractivity contribution in [2.75, 3.05) is 0 Å². The molecule has 0 unspecified atom stereocenters. The summed E-state index contributed by atoms with van der Waals surface area (Å²) in [5.74, 6) is 0.561. The van der Waals surface area contributed by atoms with Crippen LogP contribution in [-0.4, -0.2) is 26.6 Å². The fourth-order valence-electron chi connectivity index (χ4n) is 2.43. The Bertz CT molecular complexity index is 740. The molecule has 8 nitrogen and oxygen atoms in total. The van der Waals surface area contributed by atoms with E-state index >= 15 is 0 Å². The van der Waals surface area contributed by atoms with Gasteiger partial charge in [-0.25, -0.2) is 10.4 Å². The molecule has 3 rings (SSSR count). The quantitative estimate of drug-likeness (QED) is 0.529. The number of nitrogens with one attached hydrogen (secondary N) is 1. The van der Waals surface area contributed by atoms with Crippen molar-refractivity contribution in [2.45, 2.75) is 25.8 Å². The number of carbonyl (C=O) groups is 1. The first-order chi connectivity index (χ1) is 11.1. The molecule has 0 spiro atoms. The third kappa shape index (κ3) is 3.42. The number of nitrogens with zero attached hydrogens (tertiary/aromatic N) is 4. The number of nitro benzene ring substituents is 1. The van der Waals surface area contributed by atoms with E-state index in [0.29, 0.717) is 11.3 Å². The largest absolute Gasteiger partial charge is 0.334 e. The summed E-state index contributed by atoms with van der Waals surface area (Å²) in [6.45, 7) is 0.891. The summed E-state index contributed by atoms with van der Waals surface area (Å²) in [5.41, 5.74) is 3.43. The Hall–Kier alpha value is -3.03. The van der Waals surface area contributed by atoms with Gasteiger partial charge in [-0.2, -0.15) is 5.10 Å². The number of fused-ring (bicyclic) bond motifs is 1. The zero-order valence-electron chi connectivity index (χ0n) is 12.3. The van der Waals surface area contributed by atoms with Gasteiger partial charge in [0.2, 0.25) is 0 Å². The Morgan fingerprint density at radius 3 is 2.83 bits per heavy atom. The number of benzene rings is 1.